The monoisotopic (exact) mass is 446 g/mol. The van der Waals surface area contributed by atoms with E-state index in [1.807, 2.05) is 12.1 Å². The van der Waals surface area contributed by atoms with Gasteiger partial charge in [0.2, 0.25) is 5.96 Å². The van der Waals surface area contributed by atoms with Gasteiger partial charge in [0.1, 0.15) is 0 Å². The molecule has 0 atom stereocenters. The quantitative estimate of drug-likeness (QED) is 0.439. The maximum atomic E-state index is 5.60. The van der Waals surface area contributed by atoms with Gasteiger partial charge >= 0.3 is 0 Å². The van der Waals surface area contributed by atoms with E-state index < -0.39 is 0 Å². The first-order valence-corrected chi connectivity index (χ1v) is 11.7. The molecule has 0 radical (unpaired) electrons. The first kappa shape index (κ1) is 21.7. The predicted octanol–water partition coefficient (Wildman–Crippen LogP) is 3.78. The van der Waals surface area contributed by atoms with Gasteiger partial charge < -0.3 is 23.8 Å². The molecule has 0 bridgehead atoms. The largest absolute Gasteiger partial charge is 0.378 e. The molecule has 0 aliphatic carbocycles. The van der Waals surface area contributed by atoms with Crippen molar-refractivity contribution in [2.45, 2.75) is 12.8 Å². The van der Waals surface area contributed by atoms with Crippen molar-refractivity contribution in [3.63, 3.8) is 0 Å². The Hall–Kier alpha value is -3.16. The molecule has 2 saturated heterocycles. The summed E-state index contributed by atoms with van der Waals surface area (Å²) in [6.07, 6.45) is 1.71. The molecule has 2 aromatic carbocycles. The minimum atomic E-state index is 0.552. The summed E-state index contributed by atoms with van der Waals surface area (Å²) in [5.74, 6) is 1.48. The van der Waals surface area contributed by atoms with Crippen molar-refractivity contribution in [3.05, 3.63) is 71.9 Å². The van der Waals surface area contributed by atoms with Crippen LogP contribution in [0.5, 0.6) is 0 Å². The third kappa shape index (κ3) is 5.61. The lowest BCUT2D eigenvalue weighted by atomic mass is 10.0. The van der Waals surface area contributed by atoms with Gasteiger partial charge in [-0.2, -0.15) is 4.99 Å². The topological polar surface area (TPSA) is 63.3 Å². The van der Waals surface area contributed by atoms with E-state index in [4.69, 9.17) is 19.0 Å². The molecule has 0 amide bonds. The highest BCUT2D eigenvalue weighted by Gasteiger charge is 2.23. The second kappa shape index (κ2) is 10.6. The number of guanidine groups is 1. The number of hydrogen-bond acceptors (Lipinski definition) is 5. The summed E-state index contributed by atoms with van der Waals surface area (Å²) in [6.45, 7) is 6.17. The van der Waals surface area contributed by atoms with E-state index in [9.17, 15) is 0 Å². The van der Waals surface area contributed by atoms with Crippen LogP contribution in [0.3, 0.4) is 0 Å². The Labute approximate surface area is 194 Å². The SMILES string of the molecule is c1ccc(-c2cccc(CCc3cc(N=C(N4CCOCC4)N4CCOCC4)on3)c2)cc1. The van der Waals surface area contributed by atoms with E-state index in [1.165, 1.54) is 16.7 Å². The number of hydrogen-bond donors (Lipinski definition) is 0. The van der Waals surface area contributed by atoms with Crippen LogP contribution in [0, 0.1) is 0 Å². The highest BCUT2D eigenvalue weighted by molar-refractivity contribution is 5.82. The lowest BCUT2D eigenvalue weighted by molar-refractivity contribution is 0.0421. The maximum absolute atomic E-state index is 5.60. The van der Waals surface area contributed by atoms with Crippen molar-refractivity contribution in [2.24, 2.45) is 4.99 Å². The number of nitrogens with zero attached hydrogens (tertiary/aromatic N) is 4. The zero-order valence-corrected chi connectivity index (χ0v) is 18.9. The molecule has 7 nitrogen and oxygen atoms in total. The highest BCUT2D eigenvalue weighted by atomic mass is 16.5. The second-order valence-corrected chi connectivity index (χ2v) is 8.33. The van der Waals surface area contributed by atoms with Crippen LogP contribution in [0.1, 0.15) is 11.3 Å². The van der Waals surface area contributed by atoms with E-state index in [0.717, 1.165) is 50.7 Å². The smallest absolute Gasteiger partial charge is 0.253 e. The number of rotatable bonds is 5. The molecular weight excluding hydrogens is 416 g/mol. The van der Waals surface area contributed by atoms with Crippen molar-refractivity contribution >= 4 is 11.8 Å². The van der Waals surface area contributed by atoms with Crippen LogP contribution in [0.2, 0.25) is 0 Å². The third-order valence-electron chi connectivity index (χ3n) is 6.05. The zero-order chi connectivity index (χ0) is 22.3. The number of aromatic nitrogens is 1. The van der Waals surface area contributed by atoms with Gasteiger partial charge in [0, 0.05) is 32.2 Å². The molecule has 0 saturated carbocycles. The lowest BCUT2D eigenvalue weighted by Gasteiger charge is -2.37. The summed E-state index contributed by atoms with van der Waals surface area (Å²) in [5, 5.41) is 4.29. The van der Waals surface area contributed by atoms with E-state index in [2.05, 4.69) is 63.5 Å². The van der Waals surface area contributed by atoms with Gasteiger partial charge in [-0.3, -0.25) is 0 Å². The van der Waals surface area contributed by atoms with Crippen molar-refractivity contribution in [1.29, 1.82) is 0 Å². The van der Waals surface area contributed by atoms with E-state index in [0.29, 0.717) is 32.3 Å². The second-order valence-electron chi connectivity index (χ2n) is 8.33. The first-order chi connectivity index (χ1) is 16.3. The van der Waals surface area contributed by atoms with Gasteiger partial charge in [-0.1, -0.05) is 59.8 Å². The van der Waals surface area contributed by atoms with Gasteiger partial charge in [0.05, 0.1) is 32.1 Å². The molecule has 172 valence electrons. The maximum Gasteiger partial charge on any atom is 0.253 e. The molecule has 2 aliphatic heterocycles. The van der Waals surface area contributed by atoms with Crippen LogP contribution >= 0.6 is 0 Å². The molecule has 2 fully saturated rings. The Morgan fingerprint density at radius 2 is 1.42 bits per heavy atom. The number of benzene rings is 2. The van der Waals surface area contributed by atoms with Crippen molar-refractivity contribution in [2.75, 3.05) is 52.6 Å². The summed E-state index contributed by atoms with van der Waals surface area (Å²) >= 11 is 0. The molecule has 0 N–H and O–H groups in total. The fourth-order valence-corrected chi connectivity index (χ4v) is 4.25. The molecule has 1 aromatic heterocycles. The minimum absolute atomic E-state index is 0.552. The Bertz CT molecular complexity index is 1030. The van der Waals surface area contributed by atoms with Crippen LogP contribution in [0.15, 0.2) is 70.2 Å². The number of aryl methyl sites for hydroxylation is 2. The zero-order valence-electron chi connectivity index (χ0n) is 18.9. The van der Waals surface area contributed by atoms with Gasteiger partial charge in [-0.25, -0.2) is 0 Å². The first-order valence-electron chi connectivity index (χ1n) is 11.7. The van der Waals surface area contributed by atoms with Gasteiger partial charge in [-0.15, -0.1) is 0 Å². The molecular formula is C26H30N4O3. The van der Waals surface area contributed by atoms with Crippen LogP contribution in [0.25, 0.3) is 11.1 Å². The van der Waals surface area contributed by atoms with Crippen LogP contribution in [-0.2, 0) is 22.3 Å². The highest BCUT2D eigenvalue weighted by Crippen LogP contribution is 2.22. The minimum Gasteiger partial charge on any atom is -0.378 e. The number of aliphatic imine (C=N–C) groups is 1. The van der Waals surface area contributed by atoms with Crippen LogP contribution < -0.4 is 0 Å². The molecule has 0 spiro atoms. The van der Waals surface area contributed by atoms with Gasteiger partial charge in [0.15, 0.2) is 0 Å². The van der Waals surface area contributed by atoms with Crippen molar-refractivity contribution in [3.8, 4) is 11.1 Å². The number of morpholine rings is 2. The normalized spacial score (nSPS) is 16.6. The molecule has 7 heteroatoms. The summed E-state index contributed by atoms with van der Waals surface area (Å²) in [7, 11) is 0. The van der Waals surface area contributed by atoms with Crippen molar-refractivity contribution in [1.82, 2.24) is 15.0 Å². The fraction of sp³-hybridized carbons (Fsp3) is 0.385. The third-order valence-corrected chi connectivity index (χ3v) is 6.05. The van der Waals surface area contributed by atoms with E-state index >= 15 is 0 Å². The van der Waals surface area contributed by atoms with Crippen LogP contribution in [-0.4, -0.2) is 73.5 Å². The summed E-state index contributed by atoms with van der Waals surface area (Å²) in [4.78, 5) is 9.40. The Morgan fingerprint density at radius 3 is 2.12 bits per heavy atom. The molecule has 33 heavy (non-hydrogen) atoms. The van der Waals surface area contributed by atoms with E-state index in [1.54, 1.807) is 0 Å². The summed E-state index contributed by atoms with van der Waals surface area (Å²) in [6, 6.07) is 21.1. The van der Waals surface area contributed by atoms with Crippen LogP contribution in [0.4, 0.5) is 5.88 Å². The van der Waals surface area contributed by atoms with Gasteiger partial charge in [0.25, 0.3) is 5.88 Å². The average molecular weight is 447 g/mol. The summed E-state index contributed by atoms with van der Waals surface area (Å²) < 4.78 is 16.7. The molecule has 3 aromatic rings. The lowest BCUT2D eigenvalue weighted by Crippen LogP contribution is -2.52. The standard InChI is InChI=1S/C26H30N4O3/c1-2-6-22(7-3-1)23-8-4-5-21(19-23)9-10-24-20-25(33-28-24)27-26(29-11-15-31-16-12-29)30-13-17-32-18-14-30/h1-8,19-20H,9-18H2. The molecule has 0 unspecified atom stereocenters. The summed E-state index contributed by atoms with van der Waals surface area (Å²) in [5.41, 5.74) is 4.67. The number of ether oxygens (including phenoxy) is 2. The Balaban J connectivity index is 1.27. The van der Waals surface area contributed by atoms with Crippen molar-refractivity contribution < 1.29 is 14.0 Å². The Kier molecular flexibility index (Phi) is 6.99. The molecule has 5 rings (SSSR count). The molecule has 3 heterocycles. The predicted molar refractivity (Wildman–Crippen MR) is 128 cm³/mol. The Morgan fingerprint density at radius 1 is 0.758 bits per heavy atom. The molecule has 2 aliphatic rings. The van der Waals surface area contributed by atoms with Gasteiger partial charge in [-0.05, 0) is 29.5 Å². The average Bonchev–Trinajstić information content (AvgIpc) is 3.35. The fourth-order valence-electron chi connectivity index (χ4n) is 4.25. The van der Waals surface area contributed by atoms with E-state index in [-0.39, 0.29) is 0 Å².